The molecule has 434 valence electrons. The van der Waals surface area contributed by atoms with Gasteiger partial charge in [0.15, 0.2) is 0 Å². The van der Waals surface area contributed by atoms with Gasteiger partial charge >= 0.3 is 0 Å². The van der Waals surface area contributed by atoms with Crippen molar-refractivity contribution in [3.8, 4) is 0 Å². The SMILES string of the molecule is CC(C)C[C@H]1NC(=O)[C@H](Cc2c[nH]c3ccccc23)NC(=O)[C@@H](CC(C)C)NC(=O)[C@H](Cc2c[nH]c3ccccc23)NC(=O)[C@@H](CCCCN)NC(=O)[C@H](C)NC(=O)[C@@H](CCCCN)NC(=O)[C@H](Cc2c[nH]c3ccccc23)NC1=O. The summed E-state index contributed by atoms with van der Waals surface area (Å²) in [6.07, 6.45) is 7.51. The number of fused-ring (bicyclic) bond motifs is 3. The first kappa shape index (κ1) is 60.6. The smallest absolute Gasteiger partial charge is 0.243 e. The van der Waals surface area contributed by atoms with Gasteiger partial charge in [-0.2, -0.15) is 0 Å². The maximum absolute atomic E-state index is 15.0. The number of rotatable bonds is 18. The van der Waals surface area contributed by atoms with E-state index in [9.17, 15) is 33.6 Å². The van der Waals surface area contributed by atoms with Crippen LogP contribution in [0.5, 0.6) is 0 Å². The van der Waals surface area contributed by atoms with Crippen molar-refractivity contribution in [2.75, 3.05) is 13.1 Å². The van der Waals surface area contributed by atoms with Crippen molar-refractivity contribution in [3.05, 3.63) is 108 Å². The molecule has 0 radical (unpaired) electrons. The summed E-state index contributed by atoms with van der Waals surface area (Å²) in [6.45, 7) is 9.61. The largest absolute Gasteiger partial charge is 0.361 e. The highest BCUT2D eigenvalue weighted by atomic mass is 16.2. The molecule has 1 saturated heterocycles. The van der Waals surface area contributed by atoms with E-state index in [1.807, 2.05) is 100 Å². The number of nitrogens with one attached hydrogen (secondary N) is 11. The van der Waals surface area contributed by atoms with E-state index in [0.717, 1.165) is 32.7 Å². The summed E-state index contributed by atoms with van der Waals surface area (Å²) in [4.78, 5) is 127. The predicted octanol–water partition coefficient (Wildman–Crippen LogP) is 3.42. The van der Waals surface area contributed by atoms with E-state index in [-0.39, 0.29) is 56.8 Å². The first-order valence-corrected chi connectivity index (χ1v) is 28.4. The molecule has 15 N–H and O–H groups in total. The molecule has 3 aromatic heterocycles. The van der Waals surface area contributed by atoms with Gasteiger partial charge in [-0.05, 0) is 118 Å². The van der Waals surface area contributed by atoms with Gasteiger partial charge in [0.2, 0.25) is 47.3 Å². The number of amides is 8. The third kappa shape index (κ3) is 16.5. The number of unbranched alkanes of at least 4 members (excludes halogenated alkanes) is 2. The summed E-state index contributed by atoms with van der Waals surface area (Å²) in [6, 6.07) is 12.4. The van der Waals surface area contributed by atoms with Crippen molar-refractivity contribution in [1.82, 2.24) is 57.5 Å². The molecule has 0 saturated carbocycles. The van der Waals surface area contributed by atoms with Crippen molar-refractivity contribution in [2.24, 2.45) is 23.3 Å². The Labute approximate surface area is 472 Å². The van der Waals surface area contributed by atoms with Crippen LogP contribution in [-0.2, 0) is 57.6 Å². The van der Waals surface area contributed by atoms with Crippen molar-refractivity contribution >= 4 is 80.0 Å². The van der Waals surface area contributed by atoms with Gasteiger partial charge < -0.3 is 69.0 Å². The van der Waals surface area contributed by atoms with Gasteiger partial charge in [0, 0.05) is 70.6 Å². The Morgan fingerprint density at radius 3 is 1.00 bits per heavy atom. The highest BCUT2D eigenvalue weighted by molar-refractivity contribution is 6.00. The van der Waals surface area contributed by atoms with E-state index < -0.39 is 95.6 Å². The number of carbonyl (C=O) groups excluding carboxylic acids is 8. The Hall–Kier alpha value is -8.04. The fourth-order valence-corrected chi connectivity index (χ4v) is 10.4. The van der Waals surface area contributed by atoms with Crippen LogP contribution in [0.4, 0.5) is 0 Å². The fourth-order valence-electron chi connectivity index (χ4n) is 10.4. The van der Waals surface area contributed by atoms with Crippen LogP contribution in [0.15, 0.2) is 91.4 Å². The Morgan fingerprint density at radius 1 is 0.370 bits per heavy atom. The number of H-pyrrole nitrogens is 3. The lowest BCUT2D eigenvalue weighted by Crippen LogP contribution is -2.62. The van der Waals surface area contributed by atoms with Crippen LogP contribution < -0.4 is 54.0 Å². The average molecular weight is 1110 g/mol. The van der Waals surface area contributed by atoms with Crippen molar-refractivity contribution in [3.63, 3.8) is 0 Å². The highest BCUT2D eigenvalue weighted by Crippen LogP contribution is 2.23. The third-order valence-corrected chi connectivity index (χ3v) is 14.8. The van der Waals surface area contributed by atoms with Crippen molar-refractivity contribution in [2.45, 2.75) is 154 Å². The van der Waals surface area contributed by atoms with E-state index in [2.05, 4.69) is 57.5 Å². The minimum atomic E-state index is -1.31. The lowest BCUT2D eigenvalue weighted by Gasteiger charge is -2.29. The van der Waals surface area contributed by atoms with E-state index in [0.29, 0.717) is 55.5 Å². The minimum absolute atomic E-state index is 0.0294. The molecule has 6 aromatic rings. The fraction of sp³-hybridized carbons (Fsp3) is 0.467. The van der Waals surface area contributed by atoms with Crippen molar-refractivity contribution in [1.29, 1.82) is 0 Å². The van der Waals surface area contributed by atoms with Gasteiger partial charge in [0.05, 0.1) is 0 Å². The Bertz CT molecular complexity index is 3050. The topological polar surface area (TPSA) is 332 Å². The number of aromatic nitrogens is 3. The molecule has 0 unspecified atom stereocenters. The van der Waals surface area contributed by atoms with Gasteiger partial charge in [-0.3, -0.25) is 38.4 Å². The maximum Gasteiger partial charge on any atom is 0.243 e. The van der Waals surface area contributed by atoms with E-state index in [4.69, 9.17) is 11.5 Å². The lowest BCUT2D eigenvalue weighted by atomic mass is 9.98. The molecule has 0 aliphatic carbocycles. The molecule has 7 rings (SSSR count). The molecule has 0 bridgehead atoms. The molecule has 8 atom stereocenters. The Balaban J connectivity index is 1.30. The van der Waals surface area contributed by atoms with E-state index >= 15 is 4.79 Å². The van der Waals surface area contributed by atoms with Gasteiger partial charge in [0.1, 0.15) is 48.3 Å². The number of nitrogens with two attached hydrogens (primary N) is 2. The number of benzene rings is 3. The number of para-hydroxylation sites is 3. The average Bonchev–Trinajstić information content (AvgIpc) is 4.39. The monoisotopic (exact) mass is 1110 g/mol. The second-order valence-corrected chi connectivity index (χ2v) is 22.2. The van der Waals surface area contributed by atoms with Crippen LogP contribution >= 0.6 is 0 Å². The molecule has 3 aromatic carbocycles. The number of hydrogen-bond acceptors (Lipinski definition) is 10. The molecular formula is C60H81N13O8. The summed E-state index contributed by atoms with van der Waals surface area (Å²) in [5.74, 6) is -5.90. The summed E-state index contributed by atoms with van der Waals surface area (Å²) < 4.78 is 0. The van der Waals surface area contributed by atoms with Crippen molar-refractivity contribution < 1.29 is 38.4 Å². The normalized spacial score (nSPS) is 22.6. The zero-order chi connectivity index (χ0) is 58.2. The summed E-state index contributed by atoms with van der Waals surface area (Å²) in [5, 5.41) is 25.4. The van der Waals surface area contributed by atoms with Crippen LogP contribution in [0.25, 0.3) is 32.7 Å². The minimum Gasteiger partial charge on any atom is -0.361 e. The van der Waals surface area contributed by atoms with Gasteiger partial charge in [-0.1, -0.05) is 82.3 Å². The Morgan fingerprint density at radius 2 is 0.654 bits per heavy atom. The zero-order valence-electron chi connectivity index (χ0n) is 47.0. The molecule has 1 aliphatic heterocycles. The lowest BCUT2D eigenvalue weighted by molar-refractivity contribution is -0.136. The number of aromatic amines is 3. The Kier molecular flexibility index (Phi) is 21.6. The summed E-state index contributed by atoms with van der Waals surface area (Å²) in [7, 11) is 0. The molecular weight excluding hydrogens is 1030 g/mol. The summed E-state index contributed by atoms with van der Waals surface area (Å²) >= 11 is 0. The molecule has 0 spiro atoms. The molecule has 1 fully saturated rings. The van der Waals surface area contributed by atoms with Crippen LogP contribution in [0, 0.1) is 11.8 Å². The van der Waals surface area contributed by atoms with Gasteiger partial charge in [-0.25, -0.2) is 0 Å². The van der Waals surface area contributed by atoms with E-state index in [1.165, 1.54) is 6.92 Å². The molecule has 8 amide bonds. The number of hydrogen-bond donors (Lipinski definition) is 13. The quantitative estimate of drug-likeness (QED) is 0.0556. The zero-order valence-corrected chi connectivity index (χ0v) is 47.0. The maximum atomic E-state index is 15.0. The van der Waals surface area contributed by atoms with Crippen LogP contribution in [0.1, 0.15) is 103 Å². The van der Waals surface area contributed by atoms with Gasteiger partial charge in [0.25, 0.3) is 0 Å². The van der Waals surface area contributed by atoms with Crippen LogP contribution in [0.2, 0.25) is 0 Å². The molecule has 4 heterocycles. The second-order valence-electron chi connectivity index (χ2n) is 22.2. The number of carbonyl (C=O) groups is 8. The highest BCUT2D eigenvalue weighted by Gasteiger charge is 2.37. The van der Waals surface area contributed by atoms with Gasteiger partial charge in [-0.15, -0.1) is 0 Å². The van der Waals surface area contributed by atoms with E-state index in [1.54, 1.807) is 18.6 Å². The second kappa shape index (κ2) is 28.9. The first-order chi connectivity index (χ1) is 38.9. The molecule has 1 aliphatic rings. The third-order valence-electron chi connectivity index (χ3n) is 14.8. The first-order valence-electron chi connectivity index (χ1n) is 28.4. The van der Waals surface area contributed by atoms with Crippen LogP contribution in [0.3, 0.4) is 0 Å². The summed E-state index contributed by atoms with van der Waals surface area (Å²) in [5.41, 5.74) is 16.2. The molecule has 81 heavy (non-hydrogen) atoms. The standard InChI is InChI=1S/C60H81N13O8/c1-34(2)26-48-56(77)72-50(28-37-31-63-43-19-9-6-16-40(37)43)58(79)68-46(22-12-14-24-61)54(75)66-36(5)53(74)67-47(23-13-15-25-62)55(76)71-51(29-38-32-64-44-20-10-7-17-41(38)44)59(80)69-49(27-35(3)4)57(78)73-52(60(81)70-48)30-39-33-65-45-21-11-8-18-42(39)45/h6-11,16-21,31-36,46-52,63-65H,12-15,22-30,61-62H2,1-5H3,(H,66,75)(H,67,74)(H,68,79)(H,69,80)(H,70,81)(H,71,76)(H,72,77)(H,73,78)/t36-,46+,47+,48+,49+,50-,51-,52-/m0/s1. The molecule has 21 heteroatoms. The predicted molar refractivity (Wildman–Crippen MR) is 312 cm³/mol. The molecule has 21 nitrogen and oxygen atoms in total. The van der Waals surface area contributed by atoms with Crippen LogP contribution in [-0.4, -0.2) is 124 Å².